The van der Waals surface area contributed by atoms with Crippen LogP contribution in [0.15, 0.2) is 46.8 Å². The van der Waals surface area contributed by atoms with E-state index >= 15 is 0 Å². The maximum Gasteiger partial charge on any atom is 0.269 e. The molecule has 1 unspecified atom stereocenters. The number of nitrogens with zero attached hydrogens (tertiary/aromatic N) is 3. The van der Waals surface area contributed by atoms with Crippen LogP contribution in [-0.4, -0.2) is 28.9 Å². The summed E-state index contributed by atoms with van der Waals surface area (Å²) in [5.41, 5.74) is 1.72. The maximum atomic E-state index is 12.1. The normalized spacial score (nSPS) is 15.1. The van der Waals surface area contributed by atoms with Crippen molar-refractivity contribution in [1.82, 2.24) is 4.98 Å². The third-order valence-corrected chi connectivity index (χ3v) is 4.58. The molecule has 0 saturated heterocycles. The predicted molar refractivity (Wildman–Crippen MR) is 105 cm³/mol. The number of aryl methyl sites for hydroxylation is 1. The SMILES string of the molecule is N#Cc1cccc(NC(=O)CCc2csc(NC(=O)C3C=CC(=O)N=C3)n2)c1. The van der Waals surface area contributed by atoms with Crippen molar-refractivity contribution in [3.05, 3.63) is 53.1 Å². The van der Waals surface area contributed by atoms with Gasteiger partial charge in [-0.15, -0.1) is 11.3 Å². The Bertz CT molecular complexity index is 1000. The number of thiazole rings is 1. The topological polar surface area (TPSA) is 124 Å². The lowest BCUT2D eigenvalue weighted by atomic mass is 10.1. The standard InChI is InChI=1S/C19H15N5O3S/c20-9-12-2-1-3-14(8-12)22-17(26)7-5-15-11-28-19(23-15)24-18(27)13-4-6-16(25)21-10-13/h1-4,6,8,10-11,13H,5,7H2,(H,22,26)(H,23,24,27). The summed E-state index contributed by atoms with van der Waals surface area (Å²) in [5, 5.41) is 16.5. The fourth-order valence-electron chi connectivity index (χ4n) is 2.39. The molecule has 8 nitrogen and oxygen atoms in total. The number of nitrogens with one attached hydrogen (secondary N) is 2. The van der Waals surface area contributed by atoms with E-state index in [9.17, 15) is 14.4 Å². The summed E-state index contributed by atoms with van der Waals surface area (Å²) in [6.07, 6.45) is 4.65. The van der Waals surface area contributed by atoms with E-state index in [4.69, 9.17) is 5.26 Å². The lowest BCUT2D eigenvalue weighted by Gasteiger charge is -2.08. The van der Waals surface area contributed by atoms with Gasteiger partial charge in [-0.2, -0.15) is 5.26 Å². The number of carbonyl (C=O) groups is 3. The average molecular weight is 393 g/mol. The van der Waals surface area contributed by atoms with Gasteiger partial charge in [0.25, 0.3) is 5.91 Å². The van der Waals surface area contributed by atoms with Crippen LogP contribution in [0.4, 0.5) is 10.8 Å². The quantitative estimate of drug-likeness (QED) is 0.779. The van der Waals surface area contributed by atoms with Crippen molar-refractivity contribution in [2.24, 2.45) is 10.9 Å². The van der Waals surface area contributed by atoms with E-state index < -0.39 is 11.8 Å². The number of hydrogen-bond donors (Lipinski definition) is 2. The number of hydrogen-bond acceptors (Lipinski definition) is 6. The summed E-state index contributed by atoms with van der Waals surface area (Å²) < 4.78 is 0. The van der Waals surface area contributed by atoms with Gasteiger partial charge in [0, 0.05) is 29.8 Å². The highest BCUT2D eigenvalue weighted by Crippen LogP contribution is 2.18. The van der Waals surface area contributed by atoms with Gasteiger partial charge in [0.15, 0.2) is 5.13 Å². The van der Waals surface area contributed by atoms with Gasteiger partial charge in [0.05, 0.1) is 23.2 Å². The molecular formula is C19H15N5O3S. The third kappa shape index (κ3) is 5.18. The van der Waals surface area contributed by atoms with E-state index in [-0.39, 0.29) is 18.2 Å². The highest BCUT2D eigenvalue weighted by atomic mass is 32.1. The van der Waals surface area contributed by atoms with Crippen LogP contribution < -0.4 is 10.6 Å². The van der Waals surface area contributed by atoms with E-state index in [1.807, 2.05) is 6.07 Å². The molecule has 2 heterocycles. The Morgan fingerprint density at radius 3 is 2.89 bits per heavy atom. The van der Waals surface area contributed by atoms with Crippen LogP contribution in [0.5, 0.6) is 0 Å². The molecule has 1 aromatic heterocycles. The molecule has 9 heteroatoms. The van der Waals surface area contributed by atoms with Gasteiger partial charge in [0.2, 0.25) is 11.8 Å². The maximum absolute atomic E-state index is 12.1. The second-order valence-corrected chi connectivity index (χ2v) is 6.73. The molecule has 1 atom stereocenters. The fourth-order valence-corrected chi connectivity index (χ4v) is 3.13. The van der Waals surface area contributed by atoms with Crippen LogP contribution >= 0.6 is 11.3 Å². The van der Waals surface area contributed by atoms with Gasteiger partial charge in [0.1, 0.15) is 0 Å². The molecule has 0 aliphatic carbocycles. The Morgan fingerprint density at radius 1 is 1.29 bits per heavy atom. The van der Waals surface area contributed by atoms with Crippen LogP contribution in [0.1, 0.15) is 17.7 Å². The molecule has 0 spiro atoms. The summed E-state index contributed by atoms with van der Waals surface area (Å²) in [5.74, 6) is -1.52. The number of rotatable bonds is 6. The van der Waals surface area contributed by atoms with Crippen molar-refractivity contribution in [3.63, 3.8) is 0 Å². The first-order valence-electron chi connectivity index (χ1n) is 8.35. The lowest BCUT2D eigenvalue weighted by Crippen LogP contribution is -2.24. The number of anilines is 2. The number of aromatic nitrogens is 1. The molecule has 140 valence electrons. The molecule has 2 N–H and O–H groups in total. The van der Waals surface area contributed by atoms with Crippen LogP contribution in [0, 0.1) is 17.2 Å². The molecule has 28 heavy (non-hydrogen) atoms. The molecular weight excluding hydrogens is 378 g/mol. The first kappa shape index (κ1) is 19.1. The van der Waals surface area contributed by atoms with E-state index in [2.05, 4.69) is 20.6 Å². The van der Waals surface area contributed by atoms with Crippen LogP contribution in [-0.2, 0) is 20.8 Å². The predicted octanol–water partition coefficient (Wildman–Crippen LogP) is 2.31. The molecule has 0 radical (unpaired) electrons. The average Bonchev–Trinajstić information content (AvgIpc) is 3.14. The van der Waals surface area contributed by atoms with Crippen molar-refractivity contribution in [2.45, 2.75) is 12.8 Å². The first-order valence-corrected chi connectivity index (χ1v) is 9.23. The summed E-state index contributed by atoms with van der Waals surface area (Å²) in [6, 6.07) is 8.70. The molecule has 0 fully saturated rings. The fraction of sp³-hybridized carbons (Fsp3) is 0.158. The molecule has 1 aliphatic rings. The lowest BCUT2D eigenvalue weighted by molar-refractivity contribution is -0.117. The van der Waals surface area contributed by atoms with Gasteiger partial charge in [-0.05, 0) is 24.6 Å². The Hall–Kier alpha value is -3.64. The monoisotopic (exact) mass is 393 g/mol. The summed E-state index contributed by atoms with van der Waals surface area (Å²) >= 11 is 1.26. The van der Waals surface area contributed by atoms with E-state index in [1.54, 1.807) is 29.6 Å². The molecule has 0 saturated carbocycles. The van der Waals surface area contributed by atoms with Crippen molar-refractivity contribution >= 4 is 46.1 Å². The first-order chi connectivity index (χ1) is 13.5. The van der Waals surface area contributed by atoms with Gasteiger partial charge >= 0.3 is 0 Å². The number of benzene rings is 1. The zero-order chi connectivity index (χ0) is 19.9. The summed E-state index contributed by atoms with van der Waals surface area (Å²) in [4.78, 5) is 43.1. The van der Waals surface area contributed by atoms with Crippen molar-refractivity contribution in [1.29, 1.82) is 5.26 Å². The van der Waals surface area contributed by atoms with Gasteiger partial charge < -0.3 is 10.6 Å². The molecule has 1 aromatic carbocycles. The Balaban J connectivity index is 1.49. The minimum Gasteiger partial charge on any atom is -0.326 e. The van der Waals surface area contributed by atoms with Gasteiger partial charge in [-0.25, -0.2) is 9.98 Å². The number of aliphatic imine (C=N–C) groups is 1. The minimum atomic E-state index is -0.611. The Kier molecular flexibility index (Phi) is 6.04. The van der Waals surface area contributed by atoms with E-state index in [0.717, 1.165) is 0 Å². The van der Waals surface area contributed by atoms with E-state index in [0.29, 0.717) is 28.5 Å². The highest BCUT2D eigenvalue weighted by Gasteiger charge is 2.18. The van der Waals surface area contributed by atoms with Crippen LogP contribution in [0.2, 0.25) is 0 Å². The zero-order valence-electron chi connectivity index (χ0n) is 14.6. The van der Waals surface area contributed by atoms with E-state index in [1.165, 1.54) is 29.7 Å². The molecule has 3 amide bonds. The molecule has 0 bridgehead atoms. The summed E-state index contributed by atoms with van der Waals surface area (Å²) in [7, 11) is 0. The Labute approximate surface area is 164 Å². The van der Waals surface area contributed by atoms with Crippen LogP contribution in [0.25, 0.3) is 0 Å². The Morgan fingerprint density at radius 2 is 2.14 bits per heavy atom. The minimum absolute atomic E-state index is 0.193. The second kappa shape index (κ2) is 8.83. The highest BCUT2D eigenvalue weighted by molar-refractivity contribution is 7.13. The number of amides is 3. The van der Waals surface area contributed by atoms with Crippen molar-refractivity contribution in [3.8, 4) is 6.07 Å². The smallest absolute Gasteiger partial charge is 0.269 e. The van der Waals surface area contributed by atoms with Gasteiger partial charge in [-0.3, -0.25) is 14.4 Å². The van der Waals surface area contributed by atoms with Crippen LogP contribution in [0.3, 0.4) is 0 Å². The molecule has 3 rings (SSSR count). The van der Waals surface area contributed by atoms with Crippen molar-refractivity contribution in [2.75, 3.05) is 10.6 Å². The van der Waals surface area contributed by atoms with Crippen molar-refractivity contribution < 1.29 is 14.4 Å². The zero-order valence-corrected chi connectivity index (χ0v) is 15.4. The molecule has 1 aliphatic heterocycles. The second-order valence-electron chi connectivity index (χ2n) is 5.88. The molecule has 2 aromatic rings. The van der Waals surface area contributed by atoms with Gasteiger partial charge in [-0.1, -0.05) is 12.1 Å². The number of carbonyl (C=O) groups excluding carboxylic acids is 3. The third-order valence-electron chi connectivity index (χ3n) is 3.78. The summed E-state index contributed by atoms with van der Waals surface area (Å²) in [6.45, 7) is 0. The number of nitriles is 1. The number of dihydropyridines is 1. The largest absolute Gasteiger partial charge is 0.326 e.